The van der Waals surface area contributed by atoms with Crippen LogP contribution in [0.2, 0.25) is 0 Å². The first-order chi connectivity index (χ1) is 10.2. The first-order valence-electron chi connectivity index (χ1n) is 7.11. The molecule has 0 aliphatic carbocycles. The lowest BCUT2D eigenvalue weighted by Gasteiger charge is -2.23. The largest absolute Gasteiger partial charge is 0.507 e. The summed E-state index contributed by atoms with van der Waals surface area (Å²) in [5, 5.41) is 13.3. The van der Waals surface area contributed by atoms with Gasteiger partial charge in [0.05, 0.1) is 16.9 Å². The van der Waals surface area contributed by atoms with E-state index in [0.29, 0.717) is 12.1 Å². The number of fused-ring (bicyclic) bond motifs is 1. The summed E-state index contributed by atoms with van der Waals surface area (Å²) >= 11 is 0. The lowest BCUT2D eigenvalue weighted by Crippen LogP contribution is -2.31. The molecule has 2 N–H and O–H groups in total. The normalized spacial score (nSPS) is 14.0. The maximum absolute atomic E-state index is 12.8. The molecular weight excluding hydrogens is 264 g/mol. The van der Waals surface area contributed by atoms with Crippen LogP contribution in [0.3, 0.4) is 0 Å². The van der Waals surface area contributed by atoms with Gasteiger partial charge >= 0.3 is 0 Å². The predicted octanol–water partition coefficient (Wildman–Crippen LogP) is 3.16. The van der Waals surface area contributed by atoms with Crippen molar-refractivity contribution in [3.8, 4) is 5.75 Å². The number of nitrogens with one attached hydrogen (secondary N) is 1. The number of aromatic hydroxyl groups is 1. The van der Waals surface area contributed by atoms with Crippen molar-refractivity contribution in [2.75, 3.05) is 23.3 Å². The smallest absolute Gasteiger partial charge is 0.262 e. The molecule has 0 saturated carbocycles. The van der Waals surface area contributed by atoms with Crippen LogP contribution in [0, 0.1) is 6.92 Å². The Kier molecular flexibility index (Phi) is 3.52. The van der Waals surface area contributed by atoms with Crippen LogP contribution in [0.4, 0.5) is 11.4 Å². The van der Waals surface area contributed by atoms with E-state index in [4.69, 9.17) is 0 Å². The van der Waals surface area contributed by atoms with Crippen LogP contribution in [0.25, 0.3) is 0 Å². The summed E-state index contributed by atoms with van der Waals surface area (Å²) in [7, 11) is 0. The van der Waals surface area contributed by atoms with Gasteiger partial charge < -0.3 is 15.3 Å². The molecule has 4 heteroatoms. The van der Waals surface area contributed by atoms with E-state index in [9.17, 15) is 9.90 Å². The summed E-state index contributed by atoms with van der Waals surface area (Å²) in [6, 6.07) is 12.9. The average molecular weight is 282 g/mol. The third kappa shape index (κ3) is 2.57. The van der Waals surface area contributed by atoms with Crippen molar-refractivity contribution in [2.24, 2.45) is 0 Å². The summed E-state index contributed by atoms with van der Waals surface area (Å²) in [4.78, 5) is 14.6. The predicted molar refractivity (Wildman–Crippen MR) is 84.1 cm³/mol. The van der Waals surface area contributed by atoms with Crippen molar-refractivity contribution in [3.63, 3.8) is 0 Å². The Morgan fingerprint density at radius 3 is 2.90 bits per heavy atom. The number of aryl methyl sites for hydroxylation is 1. The molecule has 0 spiro atoms. The number of anilines is 2. The number of nitrogens with zero attached hydrogens (tertiary/aromatic N) is 1. The van der Waals surface area contributed by atoms with Gasteiger partial charge in [0.15, 0.2) is 0 Å². The van der Waals surface area contributed by atoms with Crippen molar-refractivity contribution in [1.29, 1.82) is 0 Å². The Balaban J connectivity index is 2.03. The van der Waals surface area contributed by atoms with Crippen LogP contribution in [-0.4, -0.2) is 24.1 Å². The second-order valence-corrected chi connectivity index (χ2v) is 5.27. The summed E-state index contributed by atoms with van der Waals surface area (Å²) in [5.41, 5.74) is 3.13. The molecule has 0 atom stereocenters. The van der Waals surface area contributed by atoms with E-state index in [1.807, 2.05) is 31.2 Å². The van der Waals surface area contributed by atoms with Gasteiger partial charge in [-0.25, -0.2) is 0 Å². The van der Waals surface area contributed by atoms with Gasteiger partial charge in [0.25, 0.3) is 5.91 Å². The fourth-order valence-corrected chi connectivity index (χ4v) is 2.62. The van der Waals surface area contributed by atoms with E-state index in [-0.39, 0.29) is 11.7 Å². The number of phenolic OH excluding ortho intramolecular Hbond substituents is 1. The van der Waals surface area contributed by atoms with Gasteiger partial charge in [0.1, 0.15) is 5.75 Å². The minimum Gasteiger partial charge on any atom is -0.507 e. The van der Waals surface area contributed by atoms with Gasteiger partial charge in [-0.2, -0.15) is 0 Å². The molecule has 0 bridgehead atoms. The number of phenols is 1. The molecule has 0 fully saturated rings. The van der Waals surface area contributed by atoms with Crippen LogP contribution >= 0.6 is 0 Å². The van der Waals surface area contributed by atoms with Gasteiger partial charge in [-0.3, -0.25) is 4.79 Å². The first kappa shape index (κ1) is 13.5. The van der Waals surface area contributed by atoms with Crippen molar-refractivity contribution in [3.05, 3.63) is 53.6 Å². The van der Waals surface area contributed by atoms with Gasteiger partial charge in [-0.05, 0) is 37.6 Å². The molecule has 108 valence electrons. The van der Waals surface area contributed by atoms with Crippen LogP contribution < -0.4 is 10.2 Å². The van der Waals surface area contributed by atoms with Gasteiger partial charge in [0, 0.05) is 13.1 Å². The van der Waals surface area contributed by atoms with Crippen molar-refractivity contribution in [2.45, 2.75) is 13.3 Å². The fraction of sp³-hybridized carbons (Fsp3) is 0.235. The van der Waals surface area contributed by atoms with Crippen molar-refractivity contribution < 1.29 is 9.90 Å². The molecule has 2 aromatic rings. The third-order valence-electron chi connectivity index (χ3n) is 3.70. The first-order valence-corrected chi connectivity index (χ1v) is 7.11. The summed E-state index contributed by atoms with van der Waals surface area (Å²) in [6.45, 7) is 3.38. The topological polar surface area (TPSA) is 52.6 Å². The van der Waals surface area contributed by atoms with Crippen LogP contribution in [-0.2, 0) is 0 Å². The number of amides is 1. The minimum atomic E-state index is -0.160. The Labute approximate surface area is 124 Å². The molecule has 4 nitrogen and oxygen atoms in total. The van der Waals surface area contributed by atoms with Gasteiger partial charge in [0.2, 0.25) is 0 Å². The molecule has 1 aliphatic rings. The molecule has 1 aliphatic heterocycles. The van der Waals surface area contributed by atoms with Crippen LogP contribution in [0.5, 0.6) is 5.75 Å². The van der Waals surface area contributed by atoms with Crippen LogP contribution in [0.1, 0.15) is 22.3 Å². The lowest BCUT2D eigenvalue weighted by atomic mass is 10.1. The van der Waals surface area contributed by atoms with E-state index in [1.54, 1.807) is 23.1 Å². The quantitative estimate of drug-likeness (QED) is 0.844. The molecule has 1 heterocycles. The molecule has 0 aromatic heterocycles. The highest BCUT2D eigenvalue weighted by Crippen LogP contribution is 2.31. The average Bonchev–Trinajstić information content (AvgIpc) is 2.71. The molecule has 3 rings (SSSR count). The number of rotatable bonds is 1. The third-order valence-corrected chi connectivity index (χ3v) is 3.70. The van der Waals surface area contributed by atoms with E-state index >= 15 is 0 Å². The summed E-state index contributed by atoms with van der Waals surface area (Å²) < 4.78 is 0. The van der Waals surface area contributed by atoms with Crippen molar-refractivity contribution in [1.82, 2.24) is 0 Å². The zero-order valence-electron chi connectivity index (χ0n) is 12.0. The highest BCUT2D eigenvalue weighted by atomic mass is 16.3. The Hall–Kier alpha value is -2.49. The Bertz CT molecular complexity index is 682. The number of hydrogen-bond donors (Lipinski definition) is 2. The molecule has 0 unspecified atom stereocenters. The Morgan fingerprint density at radius 1 is 1.24 bits per heavy atom. The minimum absolute atomic E-state index is 0.0280. The number of benzene rings is 2. The van der Waals surface area contributed by atoms with Crippen LogP contribution in [0.15, 0.2) is 42.5 Å². The van der Waals surface area contributed by atoms with Gasteiger partial charge in [-0.15, -0.1) is 0 Å². The van der Waals surface area contributed by atoms with Crippen molar-refractivity contribution >= 4 is 17.3 Å². The molecule has 1 amide bonds. The molecule has 0 radical (unpaired) electrons. The number of para-hydroxylation sites is 2. The van der Waals surface area contributed by atoms with E-state index < -0.39 is 0 Å². The lowest BCUT2D eigenvalue weighted by molar-refractivity contribution is 0.0984. The van der Waals surface area contributed by atoms with E-state index in [1.165, 1.54) is 0 Å². The Morgan fingerprint density at radius 2 is 2.05 bits per heavy atom. The summed E-state index contributed by atoms with van der Waals surface area (Å²) in [5.74, 6) is -0.132. The maximum Gasteiger partial charge on any atom is 0.262 e. The zero-order chi connectivity index (χ0) is 14.8. The molecule has 21 heavy (non-hydrogen) atoms. The second-order valence-electron chi connectivity index (χ2n) is 5.27. The fourth-order valence-electron chi connectivity index (χ4n) is 2.62. The molecule has 2 aromatic carbocycles. The van der Waals surface area contributed by atoms with Gasteiger partial charge in [-0.1, -0.05) is 23.8 Å². The summed E-state index contributed by atoms with van der Waals surface area (Å²) in [6.07, 6.45) is 0.868. The van der Waals surface area contributed by atoms with E-state index in [0.717, 1.165) is 29.9 Å². The zero-order valence-corrected chi connectivity index (χ0v) is 12.0. The highest BCUT2D eigenvalue weighted by molar-refractivity contribution is 6.09. The number of carbonyl (C=O) groups is 1. The maximum atomic E-state index is 12.8. The SMILES string of the molecule is Cc1ccc(O)c(C(=O)N2CCCNc3ccccc32)c1. The number of carbonyl (C=O) groups excluding carboxylic acids is 1. The standard InChI is InChI=1S/C17H18N2O2/c1-12-7-8-16(20)13(11-12)17(21)19-10-4-9-18-14-5-2-3-6-15(14)19/h2-3,5-8,11,18,20H,4,9-10H2,1H3. The van der Waals surface area contributed by atoms with E-state index in [2.05, 4.69) is 5.32 Å². The number of hydrogen-bond acceptors (Lipinski definition) is 3. The molecular formula is C17H18N2O2. The molecule has 0 saturated heterocycles. The monoisotopic (exact) mass is 282 g/mol. The highest BCUT2D eigenvalue weighted by Gasteiger charge is 2.24. The second kappa shape index (κ2) is 5.48.